The van der Waals surface area contributed by atoms with Crippen LogP contribution in [0.1, 0.15) is 52.2 Å². The molecule has 7 heteroatoms. The summed E-state index contributed by atoms with van der Waals surface area (Å²) in [6.07, 6.45) is 5.28. The summed E-state index contributed by atoms with van der Waals surface area (Å²) in [5.74, 6) is 0.673. The van der Waals surface area contributed by atoms with E-state index in [2.05, 4.69) is 20.6 Å². The van der Waals surface area contributed by atoms with Gasteiger partial charge in [-0.25, -0.2) is 9.97 Å². The van der Waals surface area contributed by atoms with Crippen LogP contribution < -0.4 is 10.6 Å². The third kappa shape index (κ3) is 3.71. The smallest absolute Gasteiger partial charge is 0.258 e. The van der Waals surface area contributed by atoms with E-state index in [0.717, 1.165) is 18.7 Å². The van der Waals surface area contributed by atoms with Crippen molar-refractivity contribution in [2.45, 2.75) is 25.7 Å². The van der Waals surface area contributed by atoms with Crippen molar-refractivity contribution in [3.63, 3.8) is 0 Å². The highest BCUT2D eigenvalue weighted by Gasteiger charge is 2.26. The van der Waals surface area contributed by atoms with Crippen LogP contribution in [0.5, 0.6) is 0 Å². The normalized spacial score (nSPS) is 13.4. The molecule has 1 heterocycles. The number of hydrogen-bond donors (Lipinski definition) is 2. The number of nitrogens with one attached hydrogen (secondary N) is 2. The van der Waals surface area contributed by atoms with E-state index >= 15 is 0 Å². The molecular formula is C17H17ClN4O2. The average molecular weight is 345 g/mol. The Kier molecular flexibility index (Phi) is 4.76. The van der Waals surface area contributed by atoms with Crippen molar-refractivity contribution in [3.05, 3.63) is 52.6 Å². The second kappa shape index (κ2) is 6.97. The summed E-state index contributed by atoms with van der Waals surface area (Å²) in [6, 6.07) is 4.76. The SMILES string of the molecule is CCNC(=O)c1ccc(NC(=O)c2cnc(C3CC3)nc2)cc1Cl. The van der Waals surface area contributed by atoms with Crippen LogP contribution in [0.15, 0.2) is 30.6 Å². The van der Waals surface area contributed by atoms with E-state index < -0.39 is 0 Å². The van der Waals surface area contributed by atoms with Gasteiger partial charge in [0.05, 0.1) is 16.1 Å². The number of rotatable bonds is 5. The van der Waals surface area contributed by atoms with Crippen molar-refractivity contribution >= 4 is 29.1 Å². The molecule has 2 N–H and O–H groups in total. The second-order valence-corrected chi connectivity index (χ2v) is 6.02. The molecule has 2 amide bonds. The Balaban J connectivity index is 1.69. The van der Waals surface area contributed by atoms with Crippen LogP contribution in [-0.2, 0) is 0 Å². The molecule has 0 atom stereocenters. The summed E-state index contributed by atoms with van der Waals surface area (Å²) in [5.41, 5.74) is 1.25. The Labute approximate surface area is 144 Å². The van der Waals surface area contributed by atoms with Gasteiger partial charge in [0, 0.05) is 30.5 Å². The predicted molar refractivity (Wildman–Crippen MR) is 91.4 cm³/mol. The first-order chi connectivity index (χ1) is 11.6. The Morgan fingerprint density at radius 1 is 1.21 bits per heavy atom. The summed E-state index contributed by atoms with van der Waals surface area (Å²) in [6.45, 7) is 2.35. The monoisotopic (exact) mass is 344 g/mol. The molecule has 1 aromatic carbocycles. The van der Waals surface area contributed by atoms with Crippen molar-refractivity contribution in [2.24, 2.45) is 0 Å². The minimum absolute atomic E-state index is 0.246. The summed E-state index contributed by atoms with van der Waals surface area (Å²) in [5, 5.41) is 5.68. The van der Waals surface area contributed by atoms with Gasteiger partial charge in [-0.05, 0) is 38.0 Å². The molecule has 0 aliphatic heterocycles. The van der Waals surface area contributed by atoms with Crippen molar-refractivity contribution < 1.29 is 9.59 Å². The third-order valence-corrected chi connectivity index (χ3v) is 4.00. The fourth-order valence-corrected chi connectivity index (χ4v) is 2.51. The maximum absolute atomic E-state index is 12.2. The molecule has 1 fully saturated rings. The number of halogens is 1. The van der Waals surface area contributed by atoms with Crippen molar-refractivity contribution in [1.29, 1.82) is 0 Å². The zero-order chi connectivity index (χ0) is 17.1. The number of aromatic nitrogens is 2. The van der Waals surface area contributed by atoms with Crippen molar-refractivity contribution in [1.82, 2.24) is 15.3 Å². The molecule has 1 aliphatic rings. The van der Waals surface area contributed by atoms with Gasteiger partial charge in [-0.15, -0.1) is 0 Å². The average Bonchev–Trinajstić information content (AvgIpc) is 3.40. The van der Waals surface area contributed by atoms with E-state index in [0.29, 0.717) is 29.3 Å². The van der Waals surface area contributed by atoms with E-state index in [-0.39, 0.29) is 16.8 Å². The first-order valence-electron chi connectivity index (χ1n) is 7.79. The molecular weight excluding hydrogens is 328 g/mol. The molecule has 1 saturated carbocycles. The Bertz CT molecular complexity index is 773. The van der Waals surface area contributed by atoms with E-state index in [1.54, 1.807) is 18.2 Å². The minimum atomic E-state index is -0.320. The molecule has 6 nitrogen and oxygen atoms in total. The molecule has 24 heavy (non-hydrogen) atoms. The maximum atomic E-state index is 12.2. The van der Waals surface area contributed by atoms with Gasteiger partial charge in [0.2, 0.25) is 0 Å². The number of nitrogens with zero attached hydrogens (tertiary/aromatic N) is 2. The summed E-state index contributed by atoms with van der Waals surface area (Å²) in [7, 11) is 0. The summed E-state index contributed by atoms with van der Waals surface area (Å²) >= 11 is 6.12. The van der Waals surface area contributed by atoms with Gasteiger partial charge < -0.3 is 10.6 Å². The fraction of sp³-hybridized carbons (Fsp3) is 0.294. The molecule has 1 aliphatic carbocycles. The van der Waals surface area contributed by atoms with E-state index in [1.807, 2.05) is 6.92 Å². The molecule has 1 aromatic heterocycles. The molecule has 2 aromatic rings. The van der Waals surface area contributed by atoms with Crippen molar-refractivity contribution in [2.75, 3.05) is 11.9 Å². The Hall–Kier alpha value is -2.47. The molecule has 0 spiro atoms. The highest BCUT2D eigenvalue weighted by Crippen LogP contribution is 2.37. The zero-order valence-corrected chi connectivity index (χ0v) is 13.9. The molecule has 3 rings (SSSR count). The standard InChI is InChI=1S/C17H17ClN4O2/c1-2-19-17(24)13-6-5-12(7-14(13)18)22-16(23)11-8-20-15(21-9-11)10-3-4-10/h5-10H,2-4H2,1H3,(H,19,24)(H,22,23). The predicted octanol–water partition coefficient (Wildman–Crippen LogP) is 3.01. The van der Waals surface area contributed by atoms with Gasteiger partial charge in [0.25, 0.3) is 11.8 Å². The number of anilines is 1. The Morgan fingerprint density at radius 2 is 1.92 bits per heavy atom. The largest absolute Gasteiger partial charge is 0.352 e. The Morgan fingerprint density at radius 3 is 2.50 bits per heavy atom. The van der Waals surface area contributed by atoms with Gasteiger partial charge in [0.1, 0.15) is 5.82 Å². The highest BCUT2D eigenvalue weighted by molar-refractivity contribution is 6.34. The van der Waals surface area contributed by atoms with E-state index in [1.165, 1.54) is 12.4 Å². The van der Waals surface area contributed by atoms with E-state index in [9.17, 15) is 9.59 Å². The maximum Gasteiger partial charge on any atom is 0.258 e. The van der Waals surface area contributed by atoms with Crippen LogP contribution in [0.2, 0.25) is 5.02 Å². The number of carbonyl (C=O) groups excluding carboxylic acids is 2. The minimum Gasteiger partial charge on any atom is -0.352 e. The zero-order valence-electron chi connectivity index (χ0n) is 13.2. The number of hydrogen-bond acceptors (Lipinski definition) is 4. The molecule has 0 radical (unpaired) electrons. The van der Waals surface area contributed by atoms with Crippen LogP contribution in [-0.4, -0.2) is 28.3 Å². The number of benzene rings is 1. The van der Waals surface area contributed by atoms with Gasteiger partial charge in [-0.2, -0.15) is 0 Å². The molecule has 0 unspecified atom stereocenters. The van der Waals surface area contributed by atoms with Crippen LogP contribution in [0.25, 0.3) is 0 Å². The summed E-state index contributed by atoms with van der Waals surface area (Å²) in [4.78, 5) is 32.5. The fourth-order valence-electron chi connectivity index (χ4n) is 2.24. The highest BCUT2D eigenvalue weighted by atomic mass is 35.5. The lowest BCUT2D eigenvalue weighted by molar-refractivity contribution is 0.0955. The molecule has 124 valence electrons. The van der Waals surface area contributed by atoms with Crippen LogP contribution in [0.4, 0.5) is 5.69 Å². The van der Waals surface area contributed by atoms with Gasteiger partial charge in [-0.1, -0.05) is 11.6 Å². The lowest BCUT2D eigenvalue weighted by Gasteiger charge is -2.09. The van der Waals surface area contributed by atoms with Crippen molar-refractivity contribution in [3.8, 4) is 0 Å². The lowest BCUT2D eigenvalue weighted by Crippen LogP contribution is -2.23. The third-order valence-electron chi connectivity index (χ3n) is 3.69. The topological polar surface area (TPSA) is 84.0 Å². The second-order valence-electron chi connectivity index (χ2n) is 5.61. The lowest BCUT2D eigenvalue weighted by atomic mass is 10.2. The van der Waals surface area contributed by atoms with Gasteiger partial charge in [0.15, 0.2) is 0 Å². The first kappa shape index (κ1) is 16.4. The van der Waals surface area contributed by atoms with E-state index in [4.69, 9.17) is 11.6 Å². The van der Waals surface area contributed by atoms with Crippen LogP contribution in [0, 0.1) is 0 Å². The van der Waals surface area contributed by atoms with Crippen LogP contribution in [0.3, 0.4) is 0 Å². The summed E-state index contributed by atoms with van der Waals surface area (Å²) < 4.78 is 0. The van der Waals surface area contributed by atoms with Gasteiger partial charge >= 0.3 is 0 Å². The first-order valence-corrected chi connectivity index (χ1v) is 8.17. The number of amides is 2. The molecule has 0 saturated heterocycles. The molecule has 0 bridgehead atoms. The van der Waals surface area contributed by atoms with Crippen LogP contribution >= 0.6 is 11.6 Å². The quantitative estimate of drug-likeness (QED) is 0.873. The van der Waals surface area contributed by atoms with Gasteiger partial charge in [-0.3, -0.25) is 9.59 Å². The number of carbonyl (C=O) groups is 2.